The van der Waals surface area contributed by atoms with Crippen LogP contribution in [-0.2, 0) is 0 Å². The van der Waals surface area contributed by atoms with Crippen LogP contribution in [-0.4, -0.2) is 5.11 Å². The maximum atomic E-state index is 13.4. The lowest BCUT2D eigenvalue weighted by Gasteiger charge is -2.22. The average molecular weight is 236 g/mol. The van der Waals surface area contributed by atoms with Crippen LogP contribution >= 0.6 is 0 Å². The topological polar surface area (TPSA) is 20.2 Å². The van der Waals surface area contributed by atoms with Gasteiger partial charge in [0.2, 0.25) is 0 Å². The van der Waals surface area contributed by atoms with Crippen molar-refractivity contribution in [3.05, 3.63) is 35.6 Å². The minimum atomic E-state index is -0.641. The number of aliphatic hydroxyl groups excluding tert-OH is 1. The highest BCUT2D eigenvalue weighted by molar-refractivity contribution is 5.19. The molecule has 0 amide bonds. The van der Waals surface area contributed by atoms with Crippen LogP contribution in [0.15, 0.2) is 24.3 Å². The number of benzene rings is 1. The molecule has 1 N–H and O–H groups in total. The molecule has 0 saturated heterocycles. The second kappa shape index (κ2) is 6.15. The average Bonchev–Trinajstić information content (AvgIpc) is 2.38. The summed E-state index contributed by atoms with van der Waals surface area (Å²) in [6, 6.07) is 6.54. The fourth-order valence-electron chi connectivity index (χ4n) is 2.77. The van der Waals surface area contributed by atoms with Crippen molar-refractivity contribution >= 4 is 0 Å². The van der Waals surface area contributed by atoms with Crippen molar-refractivity contribution in [1.82, 2.24) is 0 Å². The molecule has 0 heterocycles. The summed E-state index contributed by atoms with van der Waals surface area (Å²) in [7, 11) is 0. The normalized spacial score (nSPS) is 19.2. The Kier molecular flexibility index (Phi) is 4.55. The third-order valence-corrected chi connectivity index (χ3v) is 3.84. The third kappa shape index (κ3) is 3.53. The van der Waals surface area contributed by atoms with Gasteiger partial charge >= 0.3 is 0 Å². The van der Waals surface area contributed by atoms with Gasteiger partial charge in [0.15, 0.2) is 0 Å². The van der Waals surface area contributed by atoms with Crippen LogP contribution in [0.1, 0.15) is 56.6 Å². The van der Waals surface area contributed by atoms with Crippen LogP contribution < -0.4 is 0 Å². The molecule has 1 aliphatic carbocycles. The Balaban J connectivity index is 1.84. The molecule has 1 nitrogen and oxygen atoms in total. The summed E-state index contributed by atoms with van der Waals surface area (Å²) >= 11 is 0. The highest BCUT2D eigenvalue weighted by Gasteiger charge is 2.17. The van der Waals surface area contributed by atoms with Crippen LogP contribution in [0.2, 0.25) is 0 Å². The molecule has 0 aromatic heterocycles. The van der Waals surface area contributed by atoms with E-state index < -0.39 is 6.10 Å². The van der Waals surface area contributed by atoms with E-state index in [4.69, 9.17) is 0 Å². The molecule has 1 aromatic rings. The van der Waals surface area contributed by atoms with Gasteiger partial charge in [0.05, 0.1) is 6.10 Å². The molecule has 1 atom stereocenters. The van der Waals surface area contributed by atoms with Crippen LogP contribution in [0, 0.1) is 11.7 Å². The lowest BCUT2D eigenvalue weighted by molar-refractivity contribution is 0.147. The van der Waals surface area contributed by atoms with Gasteiger partial charge in [-0.2, -0.15) is 0 Å². The SMILES string of the molecule is OC(CCC1CCCCC1)c1ccccc1F. The largest absolute Gasteiger partial charge is 0.388 e. The van der Waals surface area contributed by atoms with Gasteiger partial charge < -0.3 is 5.11 Å². The maximum absolute atomic E-state index is 13.4. The van der Waals surface area contributed by atoms with Crippen molar-refractivity contribution < 1.29 is 9.50 Å². The summed E-state index contributed by atoms with van der Waals surface area (Å²) in [6.07, 6.45) is 7.63. The number of rotatable bonds is 4. The smallest absolute Gasteiger partial charge is 0.128 e. The number of halogens is 1. The first-order valence-corrected chi connectivity index (χ1v) is 6.70. The van der Waals surface area contributed by atoms with Gasteiger partial charge in [0, 0.05) is 5.56 Å². The third-order valence-electron chi connectivity index (χ3n) is 3.84. The molecule has 1 fully saturated rings. The summed E-state index contributed by atoms with van der Waals surface area (Å²) in [4.78, 5) is 0. The number of hydrogen-bond acceptors (Lipinski definition) is 1. The van der Waals surface area contributed by atoms with Crippen LogP contribution in [0.4, 0.5) is 4.39 Å². The van der Waals surface area contributed by atoms with Crippen molar-refractivity contribution in [2.75, 3.05) is 0 Å². The van der Waals surface area contributed by atoms with Gasteiger partial charge in [-0.3, -0.25) is 0 Å². The molecule has 0 radical (unpaired) electrons. The molecule has 94 valence electrons. The highest BCUT2D eigenvalue weighted by Crippen LogP contribution is 2.30. The lowest BCUT2D eigenvalue weighted by Crippen LogP contribution is -2.09. The first kappa shape index (κ1) is 12.6. The summed E-state index contributed by atoms with van der Waals surface area (Å²) in [5.41, 5.74) is 0.448. The predicted octanol–water partition coefficient (Wildman–Crippen LogP) is 4.22. The van der Waals surface area contributed by atoms with Gasteiger partial charge in [-0.15, -0.1) is 0 Å². The zero-order valence-electron chi connectivity index (χ0n) is 10.2. The number of hydrogen-bond donors (Lipinski definition) is 1. The number of aliphatic hydroxyl groups is 1. The van der Waals surface area contributed by atoms with Crippen molar-refractivity contribution in [2.24, 2.45) is 5.92 Å². The molecule has 2 rings (SSSR count). The Labute approximate surface area is 103 Å². The second-order valence-corrected chi connectivity index (χ2v) is 5.12. The van der Waals surface area contributed by atoms with Gasteiger partial charge in [0.25, 0.3) is 0 Å². The van der Waals surface area contributed by atoms with E-state index in [1.807, 2.05) is 0 Å². The molecular weight excluding hydrogens is 215 g/mol. The van der Waals surface area contributed by atoms with Gasteiger partial charge in [-0.25, -0.2) is 4.39 Å². The molecule has 1 unspecified atom stereocenters. The van der Waals surface area contributed by atoms with Crippen molar-refractivity contribution in [2.45, 2.75) is 51.0 Å². The first-order valence-electron chi connectivity index (χ1n) is 6.70. The van der Waals surface area contributed by atoms with E-state index in [0.717, 1.165) is 12.3 Å². The van der Waals surface area contributed by atoms with E-state index in [2.05, 4.69) is 0 Å². The predicted molar refractivity (Wildman–Crippen MR) is 67.2 cm³/mol. The monoisotopic (exact) mass is 236 g/mol. The van der Waals surface area contributed by atoms with E-state index in [1.165, 1.54) is 38.2 Å². The zero-order chi connectivity index (χ0) is 12.1. The van der Waals surface area contributed by atoms with E-state index in [9.17, 15) is 9.50 Å². The summed E-state index contributed by atoms with van der Waals surface area (Å²) in [6.45, 7) is 0. The van der Waals surface area contributed by atoms with Crippen molar-refractivity contribution in [3.8, 4) is 0 Å². The fourth-order valence-corrected chi connectivity index (χ4v) is 2.77. The minimum absolute atomic E-state index is 0.288. The lowest BCUT2D eigenvalue weighted by atomic mass is 9.85. The Bertz CT molecular complexity index is 345. The summed E-state index contributed by atoms with van der Waals surface area (Å²) in [5, 5.41) is 9.99. The first-order chi connectivity index (χ1) is 8.27. The maximum Gasteiger partial charge on any atom is 0.128 e. The molecule has 1 aromatic carbocycles. The van der Waals surface area contributed by atoms with Crippen LogP contribution in [0.5, 0.6) is 0 Å². The van der Waals surface area contributed by atoms with E-state index in [1.54, 1.807) is 18.2 Å². The zero-order valence-corrected chi connectivity index (χ0v) is 10.2. The fraction of sp³-hybridized carbons (Fsp3) is 0.600. The van der Waals surface area contributed by atoms with Crippen LogP contribution in [0.25, 0.3) is 0 Å². The van der Waals surface area contributed by atoms with Crippen molar-refractivity contribution in [1.29, 1.82) is 0 Å². The molecule has 0 spiro atoms. The molecule has 17 heavy (non-hydrogen) atoms. The van der Waals surface area contributed by atoms with Gasteiger partial charge in [-0.05, 0) is 24.8 Å². The van der Waals surface area contributed by atoms with Gasteiger partial charge in [0.1, 0.15) is 5.82 Å². The van der Waals surface area contributed by atoms with Crippen molar-refractivity contribution in [3.63, 3.8) is 0 Å². The van der Waals surface area contributed by atoms with E-state index >= 15 is 0 Å². The van der Waals surface area contributed by atoms with Gasteiger partial charge in [-0.1, -0.05) is 50.3 Å². The quantitative estimate of drug-likeness (QED) is 0.829. The Hall–Kier alpha value is -0.890. The molecule has 1 saturated carbocycles. The van der Waals surface area contributed by atoms with Crippen LogP contribution in [0.3, 0.4) is 0 Å². The van der Waals surface area contributed by atoms with E-state index in [0.29, 0.717) is 12.0 Å². The Morgan fingerprint density at radius 2 is 1.88 bits per heavy atom. The second-order valence-electron chi connectivity index (χ2n) is 5.12. The highest BCUT2D eigenvalue weighted by atomic mass is 19.1. The minimum Gasteiger partial charge on any atom is -0.388 e. The molecule has 0 aliphatic heterocycles. The Morgan fingerprint density at radius 3 is 2.59 bits per heavy atom. The summed E-state index contributed by atoms with van der Waals surface area (Å²) < 4.78 is 13.4. The molecule has 0 bridgehead atoms. The molecule has 2 heteroatoms. The standard InChI is InChI=1S/C15H21FO/c16-14-9-5-4-8-13(14)15(17)11-10-12-6-2-1-3-7-12/h4-5,8-9,12,15,17H,1-3,6-7,10-11H2. The molecule has 1 aliphatic rings. The van der Waals surface area contributed by atoms with E-state index in [-0.39, 0.29) is 5.82 Å². The summed E-state index contributed by atoms with van der Waals surface area (Å²) in [5.74, 6) is 0.453. The Morgan fingerprint density at radius 1 is 1.18 bits per heavy atom. The molecular formula is C15H21FO.